The van der Waals surface area contributed by atoms with Crippen LogP contribution >= 0.6 is 11.6 Å². The molecular formula is C17H22ClFO2. The Morgan fingerprint density at radius 3 is 2.81 bits per heavy atom. The summed E-state index contributed by atoms with van der Waals surface area (Å²) in [5, 5.41) is 0. The second-order valence-electron chi connectivity index (χ2n) is 6.19. The van der Waals surface area contributed by atoms with Crippen LogP contribution in [0, 0.1) is 5.82 Å². The largest absolute Gasteiger partial charge is 0.487 e. The molecule has 2 fully saturated rings. The number of benzene rings is 1. The van der Waals surface area contributed by atoms with E-state index < -0.39 is 0 Å². The van der Waals surface area contributed by atoms with Crippen molar-refractivity contribution in [3.63, 3.8) is 0 Å². The van der Waals surface area contributed by atoms with Crippen LogP contribution < -0.4 is 4.74 Å². The van der Waals surface area contributed by atoms with Crippen LogP contribution in [0.2, 0.25) is 0 Å². The van der Waals surface area contributed by atoms with Gasteiger partial charge in [0.1, 0.15) is 6.61 Å². The second-order valence-corrected chi connectivity index (χ2v) is 6.46. The molecule has 2 aliphatic rings. The van der Waals surface area contributed by atoms with Crippen LogP contribution in [0.15, 0.2) is 18.2 Å². The zero-order chi connectivity index (χ0) is 14.7. The first kappa shape index (κ1) is 15.1. The molecule has 0 amide bonds. The van der Waals surface area contributed by atoms with Gasteiger partial charge in [-0.3, -0.25) is 0 Å². The molecule has 0 aromatic heterocycles. The van der Waals surface area contributed by atoms with Crippen molar-refractivity contribution in [2.75, 3.05) is 6.61 Å². The van der Waals surface area contributed by atoms with Crippen LogP contribution in [0.4, 0.5) is 4.39 Å². The summed E-state index contributed by atoms with van der Waals surface area (Å²) in [7, 11) is 0. The van der Waals surface area contributed by atoms with E-state index >= 15 is 0 Å². The Morgan fingerprint density at radius 2 is 2.05 bits per heavy atom. The highest BCUT2D eigenvalue weighted by molar-refractivity contribution is 6.17. The Morgan fingerprint density at radius 1 is 1.24 bits per heavy atom. The van der Waals surface area contributed by atoms with Crippen LogP contribution in [0.5, 0.6) is 5.75 Å². The van der Waals surface area contributed by atoms with Crippen molar-refractivity contribution in [3.05, 3.63) is 29.6 Å². The first-order valence-corrected chi connectivity index (χ1v) is 8.40. The average Bonchev–Trinajstić information content (AvgIpc) is 2.89. The highest BCUT2D eigenvalue weighted by atomic mass is 35.5. The fraction of sp³-hybridized carbons (Fsp3) is 0.647. The molecule has 1 aromatic rings. The molecule has 1 saturated carbocycles. The highest BCUT2D eigenvalue weighted by Crippen LogP contribution is 2.42. The molecule has 4 heteroatoms. The van der Waals surface area contributed by atoms with E-state index in [1.165, 1.54) is 25.3 Å². The minimum Gasteiger partial charge on any atom is -0.487 e. The monoisotopic (exact) mass is 312 g/mol. The Labute approximate surface area is 130 Å². The Hall–Kier alpha value is -0.800. The van der Waals surface area contributed by atoms with Gasteiger partial charge in [-0.2, -0.15) is 0 Å². The molecule has 116 valence electrons. The maximum atomic E-state index is 13.8. The van der Waals surface area contributed by atoms with Gasteiger partial charge in [0.25, 0.3) is 0 Å². The summed E-state index contributed by atoms with van der Waals surface area (Å²) in [6.07, 6.45) is 8.36. The van der Waals surface area contributed by atoms with E-state index in [0.717, 1.165) is 25.7 Å². The van der Waals surface area contributed by atoms with E-state index in [1.54, 1.807) is 12.1 Å². The third-order valence-electron chi connectivity index (χ3n) is 4.71. The van der Waals surface area contributed by atoms with Crippen molar-refractivity contribution >= 4 is 11.6 Å². The molecule has 21 heavy (non-hydrogen) atoms. The Balaban J connectivity index is 1.59. The van der Waals surface area contributed by atoms with Gasteiger partial charge in [-0.1, -0.05) is 31.4 Å². The van der Waals surface area contributed by atoms with Crippen molar-refractivity contribution in [1.82, 2.24) is 0 Å². The lowest BCUT2D eigenvalue weighted by Gasteiger charge is -2.33. The maximum Gasteiger partial charge on any atom is 0.165 e. The van der Waals surface area contributed by atoms with Gasteiger partial charge in [-0.25, -0.2) is 4.39 Å². The van der Waals surface area contributed by atoms with Crippen molar-refractivity contribution in [2.24, 2.45) is 0 Å². The zero-order valence-corrected chi connectivity index (χ0v) is 13.0. The molecule has 1 saturated heterocycles. The summed E-state index contributed by atoms with van der Waals surface area (Å²) in [6, 6.07) is 4.86. The summed E-state index contributed by atoms with van der Waals surface area (Å²) in [6.45, 7) is 0.409. The number of ether oxygens (including phenoxy) is 2. The lowest BCUT2D eigenvalue weighted by Crippen LogP contribution is -2.33. The van der Waals surface area contributed by atoms with E-state index in [9.17, 15) is 4.39 Å². The zero-order valence-electron chi connectivity index (χ0n) is 12.2. The lowest BCUT2D eigenvalue weighted by molar-refractivity contribution is -0.0751. The number of alkyl halides is 1. The topological polar surface area (TPSA) is 18.5 Å². The third-order valence-corrected chi connectivity index (χ3v) is 5.00. The third kappa shape index (κ3) is 3.35. The normalized spacial score (nSPS) is 24.4. The molecule has 1 aromatic carbocycles. The van der Waals surface area contributed by atoms with Crippen molar-refractivity contribution < 1.29 is 13.9 Å². The van der Waals surface area contributed by atoms with Gasteiger partial charge in [0.15, 0.2) is 11.6 Å². The van der Waals surface area contributed by atoms with Crippen LogP contribution in [-0.2, 0) is 10.6 Å². The summed E-state index contributed by atoms with van der Waals surface area (Å²) < 4.78 is 25.8. The molecule has 1 heterocycles. The van der Waals surface area contributed by atoms with Crippen LogP contribution in [0.25, 0.3) is 0 Å². The van der Waals surface area contributed by atoms with Gasteiger partial charge in [0.2, 0.25) is 0 Å². The van der Waals surface area contributed by atoms with Gasteiger partial charge in [-0.05, 0) is 31.7 Å². The molecule has 1 spiro atoms. The molecule has 1 aliphatic heterocycles. The van der Waals surface area contributed by atoms with Crippen LogP contribution in [0.1, 0.15) is 50.5 Å². The van der Waals surface area contributed by atoms with E-state index in [1.807, 2.05) is 0 Å². The molecule has 2 nitrogen and oxygen atoms in total. The van der Waals surface area contributed by atoms with Crippen LogP contribution in [-0.4, -0.2) is 18.3 Å². The number of para-hydroxylation sites is 1. The average molecular weight is 313 g/mol. The van der Waals surface area contributed by atoms with E-state index in [0.29, 0.717) is 12.2 Å². The quantitative estimate of drug-likeness (QED) is 0.742. The van der Waals surface area contributed by atoms with E-state index in [2.05, 4.69) is 0 Å². The SMILES string of the molecule is Fc1cccc(CCl)c1OCC1CCC2(CCCCC2)O1. The smallest absolute Gasteiger partial charge is 0.165 e. The predicted molar refractivity (Wildman–Crippen MR) is 81.4 cm³/mol. The summed E-state index contributed by atoms with van der Waals surface area (Å²) in [5.74, 6) is 0.182. The highest BCUT2D eigenvalue weighted by Gasteiger charge is 2.41. The van der Waals surface area contributed by atoms with Gasteiger partial charge in [0.05, 0.1) is 17.6 Å². The molecular weight excluding hydrogens is 291 g/mol. The minimum absolute atomic E-state index is 0.0749. The summed E-state index contributed by atoms with van der Waals surface area (Å²) >= 11 is 5.84. The predicted octanol–water partition coefficient (Wildman–Crippen LogP) is 4.83. The first-order valence-electron chi connectivity index (χ1n) is 7.86. The van der Waals surface area contributed by atoms with Gasteiger partial charge >= 0.3 is 0 Å². The van der Waals surface area contributed by atoms with Crippen LogP contribution in [0.3, 0.4) is 0 Å². The standard InChI is InChI=1S/C17H22ClFO2/c18-11-13-5-4-6-15(19)16(13)20-12-14-7-10-17(21-14)8-2-1-3-9-17/h4-6,14H,1-3,7-12H2. The summed E-state index contributed by atoms with van der Waals surface area (Å²) in [5.41, 5.74) is 0.777. The molecule has 1 atom stereocenters. The molecule has 0 bridgehead atoms. The number of halogens is 2. The minimum atomic E-state index is -0.349. The van der Waals surface area contributed by atoms with E-state index in [-0.39, 0.29) is 29.2 Å². The van der Waals surface area contributed by atoms with E-state index in [4.69, 9.17) is 21.1 Å². The van der Waals surface area contributed by atoms with Crippen molar-refractivity contribution in [1.29, 1.82) is 0 Å². The molecule has 0 radical (unpaired) electrons. The maximum absolute atomic E-state index is 13.8. The fourth-order valence-electron chi connectivity index (χ4n) is 3.57. The molecule has 3 rings (SSSR count). The Bertz CT molecular complexity index is 486. The molecule has 0 N–H and O–H groups in total. The molecule has 1 unspecified atom stereocenters. The number of hydrogen-bond acceptors (Lipinski definition) is 2. The summed E-state index contributed by atoms with van der Waals surface area (Å²) in [4.78, 5) is 0. The second kappa shape index (κ2) is 6.53. The van der Waals surface area contributed by atoms with Crippen molar-refractivity contribution in [2.45, 2.75) is 62.5 Å². The lowest BCUT2D eigenvalue weighted by atomic mass is 9.83. The van der Waals surface area contributed by atoms with Crippen molar-refractivity contribution in [3.8, 4) is 5.75 Å². The number of hydrogen-bond donors (Lipinski definition) is 0. The Kier molecular flexibility index (Phi) is 4.70. The molecule has 1 aliphatic carbocycles. The van der Waals surface area contributed by atoms with Gasteiger partial charge in [0, 0.05) is 5.56 Å². The number of rotatable bonds is 4. The van der Waals surface area contributed by atoms with Gasteiger partial charge in [-0.15, -0.1) is 11.6 Å². The fourth-order valence-corrected chi connectivity index (χ4v) is 3.78. The van der Waals surface area contributed by atoms with Gasteiger partial charge < -0.3 is 9.47 Å². The first-order chi connectivity index (χ1) is 10.2.